The summed E-state index contributed by atoms with van der Waals surface area (Å²) in [5.41, 5.74) is 2.67. The van der Waals surface area contributed by atoms with Crippen LogP contribution in [-0.2, 0) is 0 Å². The monoisotopic (exact) mass is 294 g/mol. The molecule has 0 atom stereocenters. The second-order valence-corrected chi connectivity index (χ2v) is 4.31. The van der Waals surface area contributed by atoms with Crippen LogP contribution in [0.1, 0.15) is 15.9 Å². The third kappa shape index (κ3) is 3.61. The molecule has 0 aliphatic rings. The average Bonchev–Trinajstić information content (AvgIpc) is 2.42. The molecule has 0 radical (unpaired) electrons. The van der Waals surface area contributed by atoms with Gasteiger partial charge in [-0.3, -0.25) is 4.79 Å². The molecule has 0 unspecified atom stereocenters. The number of hydrogen-bond acceptors (Lipinski definition) is 2. The van der Waals surface area contributed by atoms with Crippen molar-refractivity contribution in [3.8, 4) is 0 Å². The zero-order chi connectivity index (χ0) is 14.5. The van der Waals surface area contributed by atoms with Gasteiger partial charge in [0, 0.05) is 22.2 Å². The Kier molecular flexibility index (Phi) is 4.42. The van der Waals surface area contributed by atoms with E-state index >= 15 is 0 Å². The number of nitrogens with zero attached hydrogens (tertiary/aromatic N) is 1. The minimum atomic E-state index is -0.755. The number of nitrogens with one attached hydrogen (secondary N) is 1. The number of benzene rings is 2. The van der Waals surface area contributed by atoms with Crippen molar-refractivity contribution in [1.82, 2.24) is 5.43 Å². The first-order chi connectivity index (χ1) is 9.56. The molecule has 102 valence electrons. The van der Waals surface area contributed by atoms with Gasteiger partial charge in [-0.2, -0.15) is 5.10 Å². The summed E-state index contributed by atoms with van der Waals surface area (Å²) < 4.78 is 26.0. The van der Waals surface area contributed by atoms with E-state index in [0.29, 0.717) is 10.6 Å². The van der Waals surface area contributed by atoms with E-state index in [0.717, 1.165) is 18.3 Å². The molecule has 0 saturated carbocycles. The van der Waals surface area contributed by atoms with Crippen LogP contribution in [-0.4, -0.2) is 12.1 Å². The predicted octanol–water partition coefficient (Wildman–Crippen LogP) is 3.38. The summed E-state index contributed by atoms with van der Waals surface area (Å²) in [6, 6.07) is 9.27. The van der Waals surface area contributed by atoms with Gasteiger partial charge in [-0.25, -0.2) is 14.2 Å². The van der Waals surface area contributed by atoms with Gasteiger partial charge < -0.3 is 0 Å². The number of hydrogen-bond donors (Lipinski definition) is 1. The molecule has 20 heavy (non-hydrogen) atoms. The first-order valence-corrected chi connectivity index (χ1v) is 5.98. The zero-order valence-corrected chi connectivity index (χ0v) is 10.9. The fraction of sp³-hybridized carbons (Fsp3) is 0. The molecule has 0 saturated heterocycles. The Morgan fingerprint density at radius 2 is 1.85 bits per heavy atom. The smallest absolute Gasteiger partial charge is 0.267 e. The van der Waals surface area contributed by atoms with Gasteiger partial charge in [-0.05, 0) is 36.4 Å². The minimum absolute atomic E-state index is 0.0720. The van der Waals surface area contributed by atoms with Crippen LogP contribution in [0.5, 0.6) is 0 Å². The van der Waals surface area contributed by atoms with Gasteiger partial charge in [0.1, 0.15) is 11.6 Å². The number of rotatable bonds is 3. The Morgan fingerprint density at radius 3 is 2.50 bits per heavy atom. The molecule has 0 spiro atoms. The fourth-order valence-corrected chi connectivity index (χ4v) is 1.56. The van der Waals surface area contributed by atoms with Gasteiger partial charge in [0.05, 0.1) is 6.21 Å². The molecule has 1 amide bonds. The van der Waals surface area contributed by atoms with Gasteiger partial charge in [0.15, 0.2) is 0 Å². The maximum Gasteiger partial charge on any atom is 0.271 e. The van der Waals surface area contributed by atoms with Crippen molar-refractivity contribution in [2.45, 2.75) is 0 Å². The minimum Gasteiger partial charge on any atom is -0.267 e. The molecule has 0 fully saturated rings. The molecule has 1 N–H and O–H groups in total. The van der Waals surface area contributed by atoms with Crippen molar-refractivity contribution in [2.75, 3.05) is 0 Å². The standard InChI is InChI=1S/C14H9ClF2N2O/c15-11-4-1-9(2-5-11)14(20)19-18-8-10-3-6-12(16)7-13(10)17/h1-8H,(H,19,20)/b18-8+. The van der Waals surface area contributed by atoms with Gasteiger partial charge in [0.2, 0.25) is 0 Å². The summed E-state index contributed by atoms with van der Waals surface area (Å²) in [6.07, 6.45) is 1.10. The van der Waals surface area contributed by atoms with Crippen molar-refractivity contribution in [1.29, 1.82) is 0 Å². The summed E-state index contributed by atoms with van der Waals surface area (Å²) >= 11 is 5.70. The first kappa shape index (κ1) is 14.1. The van der Waals surface area contributed by atoms with E-state index in [2.05, 4.69) is 10.5 Å². The lowest BCUT2D eigenvalue weighted by molar-refractivity contribution is 0.0955. The molecule has 0 aromatic heterocycles. The van der Waals surface area contributed by atoms with Crippen LogP contribution in [0.25, 0.3) is 0 Å². The van der Waals surface area contributed by atoms with Gasteiger partial charge in [0.25, 0.3) is 5.91 Å². The quantitative estimate of drug-likeness (QED) is 0.684. The first-order valence-electron chi connectivity index (χ1n) is 5.60. The molecule has 2 rings (SSSR count). The maximum atomic E-state index is 13.3. The summed E-state index contributed by atoms with van der Waals surface area (Å²) in [7, 11) is 0. The lowest BCUT2D eigenvalue weighted by Crippen LogP contribution is -2.17. The summed E-state index contributed by atoms with van der Waals surface area (Å²) in [5, 5.41) is 4.12. The van der Waals surface area contributed by atoms with Crippen LogP contribution in [0, 0.1) is 11.6 Å². The van der Waals surface area contributed by atoms with Crippen LogP contribution in [0.15, 0.2) is 47.6 Å². The molecule has 2 aromatic rings. The van der Waals surface area contributed by atoms with Crippen LogP contribution in [0.4, 0.5) is 8.78 Å². The number of amides is 1. The highest BCUT2D eigenvalue weighted by atomic mass is 35.5. The van der Waals surface area contributed by atoms with Crippen molar-refractivity contribution in [2.24, 2.45) is 5.10 Å². The molecule has 6 heteroatoms. The second-order valence-electron chi connectivity index (χ2n) is 3.87. The van der Waals surface area contributed by atoms with Crippen LogP contribution >= 0.6 is 11.6 Å². The normalized spacial score (nSPS) is 10.8. The number of carbonyl (C=O) groups excluding carboxylic acids is 1. The molecule has 2 aromatic carbocycles. The molecule has 3 nitrogen and oxygen atoms in total. The lowest BCUT2D eigenvalue weighted by Gasteiger charge is -2.00. The highest BCUT2D eigenvalue weighted by Crippen LogP contribution is 2.09. The molecular weight excluding hydrogens is 286 g/mol. The third-order valence-electron chi connectivity index (χ3n) is 2.44. The summed E-state index contributed by atoms with van der Waals surface area (Å²) in [5.74, 6) is -1.89. The highest BCUT2D eigenvalue weighted by Gasteiger charge is 2.04. The topological polar surface area (TPSA) is 41.5 Å². The Hall–Kier alpha value is -2.27. The second kappa shape index (κ2) is 6.25. The van der Waals surface area contributed by atoms with Gasteiger partial charge in [-0.15, -0.1) is 0 Å². The predicted molar refractivity (Wildman–Crippen MR) is 72.9 cm³/mol. The van der Waals surface area contributed by atoms with E-state index in [9.17, 15) is 13.6 Å². The van der Waals surface area contributed by atoms with E-state index in [4.69, 9.17) is 11.6 Å². The van der Waals surface area contributed by atoms with Gasteiger partial charge >= 0.3 is 0 Å². The average molecular weight is 295 g/mol. The van der Waals surface area contributed by atoms with E-state index in [1.54, 1.807) is 12.1 Å². The van der Waals surface area contributed by atoms with Crippen molar-refractivity contribution in [3.05, 3.63) is 70.2 Å². The Balaban J connectivity index is 2.02. The Labute approximate surface area is 118 Å². The molecule has 0 bridgehead atoms. The highest BCUT2D eigenvalue weighted by molar-refractivity contribution is 6.30. The number of hydrazone groups is 1. The summed E-state index contributed by atoms with van der Waals surface area (Å²) in [4.78, 5) is 11.7. The maximum absolute atomic E-state index is 13.3. The van der Waals surface area contributed by atoms with Crippen LogP contribution in [0.3, 0.4) is 0 Å². The lowest BCUT2D eigenvalue weighted by atomic mass is 10.2. The molecule has 0 heterocycles. The van der Waals surface area contributed by atoms with E-state index in [1.165, 1.54) is 18.2 Å². The Bertz CT molecular complexity index is 657. The summed E-state index contributed by atoms with van der Waals surface area (Å²) in [6.45, 7) is 0. The van der Waals surface area contributed by atoms with E-state index in [1.807, 2.05) is 0 Å². The van der Waals surface area contributed by atoms with Crippen LogP contribution in [0.2, 0.25) is 5.02 Å². The molecule has 0 aliphatic carbocycles. The molecular formula is C14H9ClF2N2O. The van der Waals surface area contributed by atoms with Crippen molar-refractivity contribution >= 4 is 23.7 Å². The SMILES string of the molecule is O=C(N/N=C/c1ccc(F)cc1F)c1ccc(Cl)cc1. The third-order valence-corrected chi connectivity index (χ3v) is 2.69. The van der Waals surface area contributed by atoms with Crippen molar-refractivity contribution < 1.29 is 13.6 Å². The zero-order valence-electron chi connectivity index (χ0n) is 10.1. The number of carbonyl (C=O) groups is 1. The van der Waals surface area contributed by atoms with Gasteiger partial charge in [-0.1, -0.05) is 11.6 Å². The van der Waals surface area contributed by atoms with E-state index in [-0.39, 0.29) is 5.56 Å². The van der Waals surface area contributed by atoms with Crippen molar-refractivity contribution in [3.63, 3.8) is 0 Å². The number of halogens is 3. The van der Waals surface area contributed by atoms with Crippen LogP contribution < -0.4 is 5.43 Å². The van der Waals surface area contributed by atoms with E-state index < -0.39 is 17.5 Å². The molecule has 0 aliphatic heterocycles. The largest absolute Gasteiger partial charge is 0.271 e. The fourth-order valence-electron chi connectivity index (χ4n) is 1.43. The Morgan fingerprint density at radius 1 is 1.15 bits per heavy atom.